The van der Waals surface area contributed by atoms with Crippen LogP contribution in [0.3, 0.4) is 0 Å². The Morgan fingerprint density at radius 2 is 2.09 bits per heavy atom. The Morgan fingerprint density at radius 1 is 1.26 bits per heavy atom. The monoisotopic (exact) mass is 478 g/mol. The highest BCUT2D eigenvalue weighted by atomic mass is 32.1. The van der Waals surface area contributed by atoms with Crippen LogP contribution in [0.25, 0.3) is 10.6 Å². The Hall–Kier alpha value is -3.63. The third-order valence-corrected chi connectivity index (χ3v) is 6.91. The Morgan fingerprint density at radius 3 is 2.85 bits per heavy atom. The first kappa shape index (κ1) is 22.2. The van der Waals surface area contributed by atoms with Gasteiger partial charge in [-0.15, -0.1) is 11.3 Å². The van der Waals surface area contributed by atoms with Crippen molar-refractivity contribution in [3.63, 3.8) is 0 Å². The first-order valence-corrected chi connectivity index (χ1v) is 11.8. The number of phenolic OH excluding ortho intramolecular Hbond substituents is 1. The van der Waals surface area contributed by atoms with Crippen LogP contribution in [0.2, 0.25) is 0 Å². The summed E-state index contributed by atoms with van der Waals surface area (Å²) in [5.41, 5.74) is 1.76. The van der Waals surface area contributed by atoms with E-state index in [-0.39, 0.29) is 42.3 Å². The van der Waals surface area contributed by atoms with Crippen LogP contribution in [0.4, 0.5) is 0 Å². The second-order valence-corrected chi connectivity index (χ2v) is 9.12. The van der Waals surface area contributed by atoms with Gasteiger partial charge in [-0.05, 0) is 36.2 Å². The number of likely N-dealkylation sites (tertiary alicyclic amines) is 1. The molecule has 3 atom stereocenters. The van der Waals surface area contributed by atoms with Gasteiger partial charge in [-0.3, -0.25) is 19.4 Å². The quantitative estimate of drug-likeness (QED) is 0.554. The van der Waals surface area contributed by atoms with Crippen molar-refractivity contribution < 1.29 is 24.2 Å². The van der Waals surface area contributed by atoms with Crippen LogP contribution in [0.1, 0.15) is 22.5 Å². The smallest absolute Gasteiger partial charge is 0.271 e. The number of aromatic hydroxyl groups is 1. The van der Waals surface area contributed by atoms with Gasteiger partial charge in [-0.2, -0.15) is 0 Å². The molecule has 174 valence electrons. The SMILES string of the molecule is O=C(N[C@@H](Cc1ccc(O)cc1)C(=O)N1CC[C@H]2OCC(=O)[C@H]21)c1csc(-c2cccnc2)n1. The summed E-state index contributed by atoms with van der Waals surface area (Å²) in [4.78, 5) is 48.9. The molecule has 0 aliphatic carbocycles. The van der Waals surface area contributed by atoms with E-state index in [0.29, 0.717) is 18.0 Å². The van der Waals surface area contributed by atoms with Gasteiger partial charge in [0.2, 0.25) is 5.91 Å². The molecule has 0 unspecified atom stereocenters. The van der Waals surface area contributed by atoms with Gasteiger partial charge in [-0.1, -0.05) is 12.1 Å². The number of Topliss-reactive ketones (excluding diaryl/α,β-unsaturated/α-hetero) is 1. The second-order valence-electron chi connectivity index (χ2n) is 8.26. The van der Waals surface area contributed by atoms with Crippen LogP contribution in [-0.2, 0) is 20.7 Å². The molecule has 2 aliphatic rings. The van der Waals surface area contributed by atoms with Crippen LogP contribution >= 0.6 is 11.3 Å². The molecule has 10 heteroatoms. The zero-order chi connectivity index (χ0) is 23.7. The van der Waals surface area contributed by atoms with Crippen molar-refractivity contribution in [3.8, 4) is 16.3 Å². The van der Waals surface area contributed by atoms with E-state index in [9.17, 15) is 19.5 Å². The molecule has 2 amide bonds. The lowest BCUT2D eigenvalue weighted by atomic mass is 10.0. The summed E-state index contributed by atoms with van der Waals surface area (Å²) in [5.74, 6) is -0.827. The van der Waals surface area contributed by atoms with E-state index in [0.717, 1.165) is 11.1 Å². The zero-order valence-electron chi connectivity index (χ0n) is 18.1. The number of thiazole rings is 1. The number of ether oxygens (including phenoxy) is 1. The van der Waals surface area contributed by atoms with Crippen molar-refractivity contribution in [2.24, 2.45) is 0 Å². The molecule has 2 aliphatic heterocycles. The minimum Gasteiger partial charge on any atom is -0.508 e. The van der Waals surface area contributed by atoms with Gasteiger partial charge in [0.05, 0.1) is 6.10 Å². The maximum Gasteiger partial charge on any atom is 0.271 e. The minimum atomic E-state index is -0.910. The molecule has 0 spiro atoms. The van der Waals surface area contributed by atoms with E-state index in [1.807, 2.05) is 6.07 Å². The van der Waals surface area contributed by atoms with Crippen molar-refractivity contribution in [3.05, 3.63) is 65.4 Å². The van der Waals surface area contributed by atoms with Crippen LogP contribution in [0.5, 0.6) is 5.75 Å². The van der Waals surface area contributed by atoms with Crippen molar-refractivity contribution >= 4 is 28.9 Å². The van der Waals surface area contributed by atoms with Crippen molar-refractivity contribution in [2.45, 2.75) is 31.0 Å². The van der Waals surface area contributed by atoms with E-state index >= 15 is 0 Å². The molecule has 2 N–H and O–H groups in total. The molecule has 34 heavy (non-hydrogen) atoms. The number of phenols is 1. The van der Waals surface area contributed by atoms with Gasteiger partial charge in [0.1, 0.15) is 35.1 Å². The van der Waals surface area contributed by atoms with E-state index in [1.54, 1.807) is 36.0 Å². The zero-order valence-corrected chi connectivity index (χ0v) is 18.9. The lowest BCUT2D eigenvalue weighted by molar-refractivity contribution is -0.138. The van der Waals surface area contributed by atoms with E-state index < -0.39 is 18.0 Å². The summed E-state index contributed by atoms with van der Waals surface area (Å²) in [5, 5.41) is 14.7. The van der Waals surface area contributed by atoms with E-state index in [4.69, 9.17) is 4.74 Å². The van der Waals surface area contributed by atoms with E-state index in [2.05, 4.69) is 15.3 Å². The van der Waals surface area contributed by atoms with Crippen molar-refractivity contribution in [2.75, 3.05) is 13.2 Å². The fraction of sp³-hybridized carbons (Fsp3) is 0.292. The standard InChI is InChI=1S/C24H22N4O5S/c29-16-5-3-14(4-6-16)10-17(24(32)28-9-7-20-21(28)19(30)12-33-20)26-22(31)18-13-34-23(27-18)15-2-1-8-25-11-15/h1-6,8,11,13,17,20-21,29H,7,9-10,12H2,(H,26,31)/t17-,20+,21+/m0/s1. The topological polar surface area (TPSA) is 122 Å². The van der Waals surface area contributed by atoms with Gasteiger partial charge < -0.3 is 20.1 Å². The van der Waals surface area contributed by atoms with Gasteiger partial charge in [0, 0.05) is 36.3 Å². The predicted octanol–water partition coefficient (Wildman–Crippen LogP) is 1.82. The van der Waals surface area contributed by atoms with Crippen LogP contribution in [0, 0.1) is 0 Å². The molecule has 0 radical (unpaired) electrons. The maximum atomic E-state index is 13.5. The number of amides is 2. The summed E-state index contributed by atoms with van der Waals surface area (Å²) in [6, 6.07) is 8.58. The highest BCUT2D eigenvalue weighted by Crippen LogP contribution is 2.28. The first-order chi connectivity index (χ1) is 16.5. The molecule has 9 nitrogen and oxygen atoms in total. The Balaban J connectivity index is 1.37. The number of carbonyl (C=O) groups excluding carboxylic acids is 3. The Labute approximate surface area is 199 Å². The molecular weight excluding hydrogens is 456 g/mol. The largest absolute Gasteiger partial charge is 0.508 e. The lowest BCUT2D eigenvalue weighted by Gasteiger charge is -2.27. The summed E-state index contributed by atoms with van der Waals surface area (Å²) in [6.45, 7) is 0.397. The van der Waals surface area contributed by atoms with Crippen LogP contribution in [-0.4, -0.2) is 68.9 Å². The van der Waals surface area contributed by atoms with Crippen molar-refractivity contribution in [1.29, 1.82) is 0 Å². The number of ketones is 1. The van der Waals surface area contributed by atoms with Crippen LogP contribution in [0.15, 0.2) is 54.2 Å². The van der Waals surface area contributed by atoms with Crippen molar-refractivity contribution in [1.82, 2.24) is 20.2 Å². The second kappa shape index (κ2) is 9.32. The predicted molar refractivity (Wildman–Crippen MR) is 123 cm³/mol. The number of benzene rings is 1. The molecular formula is C24H22N4O5S. The van der Waals surface area contributed by atoms with Gasteiger partial charge >= 0.3 is 0 Å². The summed E-state index contributed by atoms with van der Waals surface area (Å²) in [6.07, 6.45) is 3.83. The third kappa shape index (κ3) is 4.42. The summed E-state index contributed by atoms with van der Waals surface area (Å²) >= 11 is 1.31. The number of aromatic nitrogens is 2. The number of pyridine rings is 1. The average molecular weight is 479 g/mol. The number of nitrogens with one attached hydrogen (secondary N) is 1. The van der Waals surface area contributed by atoms with Gasteiger partial charge in [0.15, 0.2) is 5.78 Å². The lowest BCUT2D eigenvalue weighted by Crippen LogP contribution is -2.53. The highest BCUT2D eigenvalue weighted by molar-refractivity contribution is 7.13. The number of hydrogen-bond donors (Lipinski definition) is 2. The average Bonchev–Trinajstić information content (AvgIpc) is 3.58. The van der Waals surface area contributed by atoms with Gasteiger partial charge in [0.25, 0.3) is 5.91 Å². The Kier molecular flexibility index (Phi) is 6.08. The number of carbonyl (C=O) groups is 3. The number of rotatable bonds is 6. The molecule has 4 heterocycles. The fourth-order valence-electron chi connectivity index (χ4n) is 4.34. The summed E-state index contributed by atoms with van der Waals surface area (Å²) < 4.78 is 5.50. The van der Waals surface area contributed by atoms with E-state index in [1.165, 1.54) is 28.4 Å². The molecule has 2 aromatic heterocycles. The molecule has 0 saturated carbocycles. The molecule has 2 fully saturated rings. The Bertz CT molecular complexity index is 1210. The minimum absolute atomic E-state index is 0.00401. The number of fused-ring (bicyclic) bond motifs is 1. The molecule has 5 rings (SSSR count). The maximum absolute atomic E-state index is 13.5. The molecule has 3 aromatic rings. The molecule has 1 aromatic carbocycles. The number of hydrogen-bond acceptors (Lipinski definition) is 8. The molecule has 0 bridgehead atoms. The van der Waals surface area contributed by atoms with Gasteiger partial charge in [-0.25, -0.2) is 4.98 Å². The normalized spacial score (nSPS) is 20.2. The highest BCUT2D eigenvalue weighted by Gasteiger charge is 2.48. The fourth-order valence-corrected chi connectivity index (χ4v) is 5.13. The number of nitrogens with zero attached hydrogens (tertiary/aromatic N) is 3. The summed E-state index contributed by atoms with van der Waals surface area (Å²) in [7, 11) is 0. The third-order valence-electron chi connectivity index (χ3n) is 6.02. The first-order valence-electron chi connectivity index (χ1n) is 10.9. The van der Waals surface area contributed by atoms with Crippen LogP contribution < -0.4 is 5.32 Å². The molecule has 2 saturated heterocycles.